The Morgan fingerprint density at radius 2 is 1.83 bits per heavy atom. The number of imidazole rings is 1. The molecule has 2 N–H and O–H groups in total. The molecule has 152 valence electrons. The van der Waals surface area contributed by atoms with Gasteiger partial charge in [-0.1, -0.05) is 50.2 Å². The molecule has 0 aliphatic rings. The molecule has 5 heteroatoms. The Balaban J connectivity index is 1.44. The van der Waals surface area contributed by atoms with Gasteiger partial charge in [0.1, 0.15) is 11.6 Å². The van der Waals surface area contributed by atoms with E-state index in [9.17, 15) is 4.79 Å². The third-order valence-corrected chi connectivity index (χ3v) is 5.09. The van der Waals surface area contributed by atoms with Crippen molar-refractivity contribution in [1.29, 1.82) is 0 Å². The van der Waals surface area contributed by atoms with E-state index in [0.717, 1.165) is 33.7 Å². The van der Waals surface area contributed by atoms with E-state index in [1.165, 1.54) is 5.56 Å². The van der Waals surface area contributed by atoms with Crippen molar-refractivity contribution >= 4 is 22.6 Å². The van der Waals surface area contributed by atoms with Crippen molar-refractivity contribution in [3.63, 3.8) is 0 Å². The van der Waals surface area contributed by atoms with E-state index in [1.54, 1.807) is 0 Å². The van der Waals surface area contributed by atoms with Crippen LogP contribution in [0.2, 0.25) is 0 Å². The molecule has 5 nitrogen and oxygen atoms in total. The number of rotatable bonds is 6. The number of H-pyrrole nitrogens is 1. The lowest BCUT2D eigenvalue weighted by Gasteiger charge is -2.11. The van der Waals surface area contributed by atoms with Crippen LogP contribution >= 0.6 is 0 Å². The van der Waals surface area contributed by atoms with E-state index in [-0.39, 0.29) is 12.5 Å². The second kappa shape index (κ2) is 8.41. The lowest BCUT2D eigenvalue weighted by Crippen LogP contribution is -2.20. The van der Waals surface area contributed by atoms with Crippen LogP contribution in [0.3, 0.4) is 0 Å². The van der Waals surface area contributed by atoms with Crippen molar-refractivity contribution < 1.29 is 9.53 Å². The van der Waals surface area contributed by atoms with Crippen LogP contribution in [0.5, 0.6) is 5.75 Å². The zero-order valence-electron chi connectivity index (χ0n) is 17.4. The maximum atomic E-state index is 12.4. The number of nitrogens with zero attached hydrogens (tertiary/aromatic N) is 1. The van der Waals surface area contributed by atoms with Gasteiger partial charge in [-0.3, -0.25) is 4.79 Å². The molecule has 4 aromatic rings. The van der Waals surface area contributed by atoms with Crippen molar-refractivity contribution in [3.05, 3.63) is 77.9 Å². The van der Waals surface area contributed by atoms with Crippen LogP contribution in [-0.4, -0.2) is 22.5 Å². The molecule has 1 heterocycles. The fourth-order valence-electron chi connectivity index (χ4n) is 3.28. The summed E-state index contributed by atoms with van der Waals surface area (Å²) in [5.74, 6) is 1.72. The summed E-state index contributed by atoms with van der Waals surface area (Å²) in [6.07, 6.45) is 0. The first-order chi connectivity index (χ1) is 14.5. The van der Waals surface area contributed by atoms with Gasteiger partial charge in [-0.05, 0) is 54.3 Å². The smallest absolute Gasteiger partial charge is 0.262 e. The first-order valence-electron chi connectivity index (χ1n) is 10.1. The Morgan fingerprint density at radius 1 is 1.07 bits per heavy atom. The van der Waals surface area contributed by atoms with Crippen LogP contribution in [0, 0.1) is 6.92 Å². The van der Waals surface area contributed by atoms with Gasteiger partial charge in [0, 0.05) is 11.3 Å². The van der Waals surface area contributed by atoms with Gasteiger partial charge in [0.05, 0.1) is 11.0 Å². The molecule has 0 radical (unpaired) electrons. The minimum Gasteiger partial charge on any atom is -0.484 e. The fraction of sp³-hybridized carbons (Fsp3) is 0.200. The van der Waals surface area contributed by atoms with Gasteiger partial charge in [0.2, 0.25) is 0 Å². The number of benzene rings is 3. The monoisotopic (exact) mass is 399 g/mol. The number of amides is 1. The minimum absolute atomic E-state index is 0.0463. The van der Waals surface area contributed by atoms with E-state index in [1.807, 2.05) is 73.7 Å². The number of hydrogen-bond acceptors (Lipinski definition) is 3. The van der Waals surface area contributed by atoms with Crippen molar-refractivity contribution in [1.82, 2.24) is 9.97 Å². The largest absolute Gasteiger partial charge is 0.484 e. The highest BCUT2D eigenvalue weighted by Gasteiger charge is 2.10. The molecule has 0 fully saturated rings. The third-order valence-electron chi connectivity index (χ3n) is 5.09. The second-order valence-electron chi connectivity index (χ2n) is 7.69. The van der Waals surface area contributed by atoms with E-state index >= 15 is 0 Å². The number of para-hydroxylation sites is 2. The fourth-order valence-corrected chi connectivity index (χ4v) is 3.28. The zero-order valence-corrected chi connectivity index (χ0v) is 17.4. The Hall–Kier alpha value is -3.60. The molecule has 0 unspecified atom stereocenters. The van der Waals surface area contributed by atoms with Crippen LogP contribution in [0.1, 0.15) is 30.9 Å². The maximum absolute atomic E-state index is 12.4. The molecule has 4 rings (SSSR count). The number of nitrogens with one attached hydrogen (secondary N) is 2. The lowest BCUT2D eigenvalue weighted by atomic mass is 10.0. The zero-order chi connectivity index (χ0) is 21.1. The average Bonchev–Trinajstić information content (AvgIpc) is 3.18. The summed E-state index contributed by atoms with van der Waals surface area (Å²) in [4.78, 5) is 20.4. The standard InChI is InChI=1S/C25H25N3O2/c1-16(2)18-10-12-20(13-11-18)30-15-24(29)26-23-14-19(9-8-17(23)3)25-27-21-6-4-5-7-22(21)28-25/h4-14,16H,15H2,1-3H3,(H,26,29)(H,27,28). The summed E-state index contributed by atoms with van der Waals surface area (Å²) in [6.45, 7) is 6.20. The molecule has 0 saturated heterocycles. The Kier molecular flexibility index (Phi) is 5.53. The topological polar surface area (TPSA) is 67.0 Å². The Labute approximate surface area is 176 Å². The van der Waals surface area contributed by atoms with E-state index in [4.69, 9.17) is 4.74 Å². The number of aryl methyl sites for hydroxylation is 1. The SMILES string of the molecule is Cc1ccc(-c2nc3ccccc3[nH]2)cc1NC(=O)COc1ccc(C(C)C)cc1. The van der Waals surface area contributed by atoms with Crippen LogP contribution < -0.4 is 10.1 Å². The summed E-state index contributed by atoms with van der Waals surface area (Å²) in [5, 5.41) is 2.95. The molecule has 0 atom stereocenters. The molecule has 0 aliphatic heterocycles. The quantitative estimate of drug-likeness (QED) is 0.438. The van der Waals surface area contributed by atoms with Crippen molar-refractivity contribution in [2.45, 2.75) is 26.7 Å². The number of hydrogen-bond donors (Lipinski definition) is 2. The van der Waals surface area contributed by atoms with Gasteiger partial charge in [-0.2, -0.15) is 0 Å². The highest BCUT2D eigenvalue weighted by Crippen LogP contribution is 2.25. The lowest BCUT2D eigenvalue weighted by molar-refractivity contribution is -0.118. The van der Waals surface area contributed by atoms with Gasteiger partial charge in [0.15, 0.2) is 6.61 Å². The molecule has 0 aliphatic carbocycles. The maximum Gasteiger partial charge on any atom is 0.262 e. The Morgan fingerprint density at radius 3 is 2.57 bits per heavy atom. The number of aromatic nitrogens is 2. The molecule has 0 saturated carbocycles. The van der Waals surface area contributed by atoms with Crippen molar-refractivity contribution in [2.24, 2.45) is 0 Å². The number of anilines is 1. The van der Waals surface area contributed by atoms with E-state index < -0.39 is 0 Å². The number of aromatic amines is 1. The molecule has 0 spiro atoms. The Bertz CT molecular complexity index is 1140. The third kappa shape index (κ3) is 4.35. The van der Waals surface area contributed by atoms with Gasteiger partial charge in [0.25, 0.3) is 5.91 Å². The summed E-state index contributed by atoms with van der Waals surface area (Å²) in [7, 11) is 0. The normalized spacial score (nSPS) is 11.1. The number of ether oxygens (including phenoxy) is 1. The number of carbonyl (C=O) groups excluding carboxylic acids is 1. The van der Waals surface area contributed by atoms with Crippen LogP contribution in [0.25, 0.3) is 22.4 Å². The molecule has 30 heavy (non-hydrogen) atoms. The minimum atomic E-state index is -0.201. The molecular weight excluding hydrogens is 374 g/mol. The van der Waals surface area contributed by atoms with Crippen LogP contribution in [0.4, 0.5) is 5.69 Å². The summed E-state index contributed by atoms with van der Waals surface area (Å²) < 4.78 is 5.64. The van der Waals surface area contributed by atoms with Crippen molar-refractivity contribution in [3.8, 4) is 17.1 Å². The summed E-state index contributed by atoms with van der Waals surface area (Å²) >= 11 is 0. The second-order valence-corrected chi connectivity index (χ2v) is 7.69. The molecular formula is C25H25N3O2. The van der Waals surface area contributed by atoms with Crippen LogP contribution in [-0.2, 0) is 4.79 Å². The number of fused-ring (bicyclic) bond motifs is 1. The number of carbonyl (C=O) groups is 1. The first-order valence-corrected chi connectivity index (χ1v) is 10.1. The van der Waals surface area contributed by atoms with E-state index in [2.05, 4.69) is 29.1 Å². The predicted molar refractivity (Wildman–Crippen MR) is 121 cm³/mol. The molecule has 0 bridgehead atoms. The van der Waals surface area contributed by atoms with Gasteiger partial charge in [-0.25, -0.2) is 4.98 Å². The molecule has 3 aromatic carbocycles. The highest BCUT2D eigenvalue weighted by molar-refractivity contribution is 5.93. The summed E-state index contributed by atoms with van der Waals surface area (Å²) in [6, 6.07) is 21.7. The van der Waals surface area contributed by atoms with Crippen LogP contribution in [0.15, 0.2) is 66.7 Å². The average molecular weight is 399 g/mol. The molecule has 1 amide bonds. The van der Waals surface area contributed by atoms with Gasteiger partial charge >= 0.3 is 0 Å². The van der Waals surface area contributed by atoms with Gasteiger partial charge in [-0.15, -0.1) is 0 Å². The summed E-state index contributed by atoms with van der Waals surface area (Å²) in [5.41, 5.74) is 5.77. The predicted octanol–water partition coefficient (Wildman–Crippen LogP) is 5.68. The van der Waals surface area contributed by atoms with Gasteiger partial charge < -0.3 is 15.0 Å². The highest BCUT2D eigenvalue weighted by atomic mass is 16.5. The van der Waals surface area contributed by atoms with Crippen molar-refractivity contribution in [2.75, 3.05) is 11.9 Å². The first kappa shape index (κ1) is 19.7. The molecule has 1 aromatic heterocycles. The van der Waals surface area contributed by atoms with E-state index in [0.29, 0.717) is 11.7 Å².